The highest BCUT2D eigenvalue weighted by molar-refractivity contribution is 8.14. The molecule has 0 amide bonds. The second kappa shape index (κ2) is 4.13. The van der Waals surface area contributed by atoms with Gasteiger partial charge in [-0.3, -0.25) is 4.99 Å². The summed E-state index contributed by atoms with van der Waals surface area (Å²) in [7, 11) is 0. The molecule has 0 aromatic rings. The Bertz CT molecular complexity index is 237. The summed E-state index contributed by atoms with van der Waals surface area (Å²) in [5.74, 6) is 1.65. The Balaban J connectivity index is 1.74. The van der Waals surface area contributed by atoms with Crippen LogP contribution in [0.4, 0.5) is 0 Å². The van der Waals surface area contributed by atoms with Crippen LogP contribution in [-0.2, 0) is 0 Å². The van der Waals surface area contributed by atoms with Gasteiger partial charge in [-0.05, 0) is 18.3 Å². The molecule has 0 spiro atoms. The first-order valence-corrected chi connectivity index (χ1v) is 6.56. The van der Waals surface area contributed by atoms with Gasteiger partial charge in [0.05, 0.1) is 6.54 Å². The highest BCUT2D eigenvalue weighted by Crippen LogP contribution is 2.35. The Morgan fingerprint density at radius 1 is 1.57 bits per heavy atom. The van der Waals surface area contributed by atoms with Gasteiger partial charge in [0.2, 0.25) is 0 Å². The molecule has 0 aromatic heterocycles. The number of thioether (sulfide) groups is 1. The van der Waals surface area contributed by atoms with Gasteiger partial charge in [-0.25, -0.2) is 0 Å². The van der Waals surface area contributed by atoms with Crippen molar-refractivity contribution < 1.29 is 0 Å². The third kappa shape index (κ3) is 2.25. The molecule has 80 valence electrons. The fourth-order valence-corrected chi connectivity index (χ4v) is 2.93. The molecule has 3 atom stereocenters. The number of hydrogen-bond acceptors (Lipinski definition) is 3. The minimum atomic E-state index is 0.705. The summed E-state index contributed by atoms with van der Waals surface area (Å²) in [5.41, 5.74) is 0. The van der Waals surface area contributed by atoms with Gasteiger partial charge in [0.25, 0.3) is 0 Å². The second-order valence-corrected chi connectivity index (χ2v) is 5.93. The first-order valence-electron chi connectivity index (χ1n) is 5.68. The summed E-state index contributed by atoms with van der Waals surface area (Å²) in [4.78, 5) is 4.56. The van der Waals surface area contributed by atoms with E-state index in [0.29, 0.717) is 5.25 Å². The maximum Gasteiger partial charge on any atom is 0.157 e. The summed E-state index contributed by atoms with van der Waals surface area (Å²) in [5, 5.41) is 5.46. The van der Waals surface area contributed by atoms with Crippen LogP contribution in [-0.4, -0.2) is 23.0 Å². The van der Waals surface area contributed by atoms with E-state index in [1.165, 1.54) is 18.0 Å². The zero-order chi connectivity index (χ0) is 10.1. The van der Waals surface area contributed by atoms with Gasteiger partial charge in [0.1, 0.15) is 0 Å². The lowest BCUT2D eigenvalue weighted by molar-refractivity contribution is 0.621. The van der Waals surface area contributed by atoms with E-state index in [1.54, 1.807) is 0 Å². The lowest BCUT2D eigenvalue weighted by atomic mass is 10.1. The van der Waals surface area contributed by atoms with Gasteiger partial charge >= 0.3 is 0 Å². The Kier molecular flexibility index (Phi) is 3.05. The molecule has 1 aliphatic carbocycles. The molecule has 0 radical (unpaired) electrons. The smallest absolute Gasteiger partial charge is 0.157 e. The fourth-order valence-electron chi connectivity index (χ4n) is 1.85. The van der Waals surface area contributed by atoms with E-state index in [0.717, 1.165) is 24.4 Å². The molecule has 14 heavy (non-hydrogen) atoms. The van der Waals surface area contributed by atoms with Crippen LogP contribution in [0.3, 0.4) is 0 Å². The van der Waals surface area contributed by atoms with Crippen LogP contribution in [0.25, 0.3) is 0 Å². The molecule has 0 aromatic carbocycles. The highest BCUT2D eigenvalue weighted by atomic mass is 32.2. The van der Waals surface area contributed by atoms with Gasteiger partial charge in [-0.15, -0.1) is 0 Å². The Morgan fingerprint density at radius 2 is 2.36 bits per heavy atom. The molecule has 2 nitrogen and oxygen atoms in total. The molecule has 3 heteroatoms. The predicted molar refractivity (Wildman–Crippen MR) is 63.8 cm³/mol. The van der Waals surface area contributed by atoms with Crippen molar-refractivity contribution in [2.45, 2.75) is 44.9 Å². The molecule has 0 saturated heterocycles. The third-order valence-electron chi connectivity index (χ3n) is 3.18. The van der Waals surface area contributed by atoms with Gasteiger partial charge < -0.3 is 5.32 Å². The lowest BCUT2D eigenvalue weighted by Crippen LogP contribution is -2.23. The zero-order valence-electron chi connectivity index (χ0n) is 9.29. The molecular formula is C11H20N2S. The molecule has 1 N–H and O–H groups in total. The van der Waals surface area contributed by atoms with Crippen molar-refractivity contribution >= 4 is 16.9 Å². The normalized spacial score (nSPS) is 36.0. The molecule has 2 rings (SSSR count). The molecule has 2 aliphatic rings. The summed E-state index contributed by atoms with van der Waals surface area (Å²) < 4.78 is 0. The van der Waals surface area contributed by atoms with Crippen molar-refractivity contribution in [2.24, 2.45) is 16.8 Å². The van der Waals surface area contributed by atoms with E-state index in [1.807, 2.05) is 11.8 Å². The first-order chi connectivity index (χ1) is 6.70. The van der Waals surface area contributed by atoms with E-state index in [-0.39, 0.29) is 0 Å². The fraction of sp³-hybridized carbons (Fsp3) is 0.909. The Morgan fingerprint density at radius 3 is 2.86 bits per heavy atom. The van der Waals surface area contributed by atoms with E-state index in [9.17, 15) is 0 Å². The van der Waals surface area contributed by atoms with Gasteiger partial charge in [-0.1, -0.05) is 39.0 Å². The van der Waals surface area contributed by atoms with Crippen LogP contribution in [0.1, 0.15) is 33.6 Å². The average Bonchev–Trinajstić information content (AvgIpc) is 2.71. The minimum Gasteiger partial charge on any atom is -0.362 e. The van der Waals surface area contributed by atoms with Gasteiger partial charge in [0.15, 0.2) is 5.17 Å². The van der Waals surface area contributed by atoms with Crippen molar-refractivity contribution in [3.8, 4) is 0 Å². The number of amidine groups is 1. The summed E-state index contributed by atoms with van der Waals surface area (Å²) in [6.07, 6.45) is 2.66. The largest absolute Gasteiger partial charge is 0.362 e. The molecule has 1 heterocycles. The molecule has 1 aliphatic heterocycles. The summed E-state index contributed by atoms with van der Waals surface area (Å²) in [6.45, 7) is 7.84. The summed E-state index contributed by atoms with van der Waals surface area (Å²) >= 11 is 1.94. The van der Waals surface area contributed by atoms with Crippen LogP contribution in [0.15, 0.2) is 4.99 Å². The maximum atomic E-state index is 4.56. The Hall–Kier alpha value is -0.180. The second-order valence-electron chi connectivity index (χ2n) is 4.70. The van der Waals surface area contributed by atoms with E-state index in [2.05, 4.69) is 31.1 Å². The third-order valence-corrected chi connectivity index (χ3v) is 4.64. The number of aliphatic imine (C=N–C) groups is 1. The SMILES string of the molecule is CCC1CC1NC1=NCC(C(C)C)S1. The van der Waals surface area contributed by atoms with Crippen LogP contribution in [0, 0.1) is 11.8 Å². The van der Waals surface area contributed by atoms with E-state index in [4.69, 9.17) is 0 Å². The maximum absolute atomic E-state index is 4.56. The van der Waals surface area contributed by atoms with Crippen molar-refractivity contribution in [1.29, 1.82) is 0 Å². The number of rotatable bonds is 3. The topological polar surface area (TPSA) is 24.4 Å². The molecular weight excluding hydrogens is 192 g/mol. The van der Waals surface area contributed by atoms with Crippen molar-refractivity contribution in [3.05, 3.63) is 0 Å². The monoisotopic (exact) mass is 212 g/mol. The highest BCUT2D eigenvalue weighted by Gasteiger charge is 2.37. The first kappa shape index (κ1) is 10.3. The zero-order valence-corrected chi connectivity index (χ0v) is 10.1. The number of nitrogens with zero attached hydrogens (tertiary/aromatic N) is 1. The van der Waals surface area contributed by atoms with Crippen molar-refractivity contribution in [2.75, 3.05) is 6.54 Å². The van der Waals surface area contributed by atoms with Crippen LogP contribution < -0.4 is 5.32 Å². The van der Waals surface area contributed by atoms with Crippen LogP contribution >= 0.6 is 11.8 Å². The van der Waals surface area contributed by atoms with Gasteiger partial charge in [-0.2, -0.15) is 0 Å². The lowest BCUT2D eigenvalue weighted by Gasteiger charge is -2.12. The predicted octanol–water partition coefficient (Wildman–Crippen LogP) is 2.50. The number of nitrogens with one attached hydrogen (secondary N) is 1. The Labute approximate surface area is 90.9 Å². The standard InChI is InChI=1S/C11H20N2S/c1-4-8-5-9(8)13-11-12-6-10(14-11)7(2)3/h7-10H,4-6H2,1-3H3,(H,12,13). The quantitative estimate of drug-likeness (QED) is 0.777. The molecule has 1 saturated carbocycles. The van der Waals surface area contributed by atoms with E-state index >= 15 is 0 Å². The van der Waals surface area contributed by atoms with Gasteiger partial charge in [0, 0.05) is 11.3 Å². The molecule has 0 bridgehead atoms. The van der Waals surface area contributed by atoms with Crippen LogP contribution in [0.2, 0.25) is 0 Å². The molecule has 1 fully saturated rings. The van der Waals surface area contributed by atoms with Crippen molar-refractivity contribution in [3.63, 3.8) is 0 Å². The molecule has 3 unspecified atom stereocenters. The van der Waals surface area contributed by atoms with Crippen LogP contribution in [0.5, 0.6) is 0 Å². The van der Waals surface area contributed by atoms with Crippen molar-refractivity contribution in [1.82, 2.24) is 5.32 Å². The minimum absolute atomic E-state index is 0.705. The van der Waals surface area contributed by atoms with E-state index < -0.39 is 0 Å². The summed E-state index contributed by atoms with van der Waals surface area (Å²) in [6, 6.07) is 0.733. The number of hydrogen-bond donors (Lipinski definition) is 1. The average molecular weight is 212 g/mol.